The van der Waals surface area contributed by atoms with Crippen LogP contribution in [-0.2, 0) is 6.54 Å². The number of thiazole rings is 1. The van der Waals surface area contributed by atoms with E-state index in [1.54, 1.807) is 29.5 Å². The van der Waals surface area contributed by atoms with Crippen molar-refractivity contribution in [3.05, 3.63) is 46.2 Å². The summed E-state index contributed by atoms with van der Waals surface area (Å²) in [4.78, 5) is 21.2. The van der Waals surface area contributed by atoms with Crippen LogP contribution in [0.25, 0.3) is 11.0 Å². The van der Waals surface area contributed by atoms with Crippen LogP contribution in [0.3, 0.4) is 0 Å². The van der Waals surface area contributed by atoms with Crippen molar-refractivity contribution in [3.63, 3.8) is 0 Å². The molecule has 0 aliphatic heterocycles. The Hall–Kier alpha value is -2.21. The fraction of sp³-hybridized carbons (Fsp3) is 0.267. The highest BCUT2D eigenvalue weighted by molar-refractivity contribution is 7.09. The maximum atomic E-state index is 11.2. The summed E-state index contributed by atoms with van der Waals surface area (Å²) in [5.74, 6) is 0.676. The molecule has 5 nitrogen and oxygen atoms in total. The number of aromatic nitrogens is 3. The minimum atomic E-state index is -0.907. The van der Waals surface area contributed by atoms with E-state index in [1.165, 1.54) is 0 Å². The topological polar surface area (TPSA) is 68.0 Å². The molecule has 0 atom stereocenters. The van der Waals surface area contributed by atoms with Gasteiger partial charge in [-0.15, -0.1) is 11.3 Å². The summed E-state index contributed by atoms with van der Waals surface area (Å²) in [6.45, 7) is 0.704. The maximum absolute atomic E-state index is 11.2. The lowest BCUT2D eigenvalue weighted by Gasteiger charge is -2.07. The summed E-state index contributed by atoms with van der Waals surface area (Å²) in [5.41, 5.74) is 3.88. The molecule has 0 bridgehead atoms. The Kier molecular flexibility index (Phi) is 2.78. The molecule has 6 heteroatoms. The first kappa shape index (κ1) is 12.5. The van der Waals surface area contributed by atoms with E-state index in [1.807, 2.05) is 11.7 Å². The van der Waals surface area contributed by atoms with Crippen molar-refractivity contribution in [2.75, 3.05) is 0 Å². The lowest BCUT2D eigenvalue weighted by atomic mass is 10.2. The van der Waals surface area contributed by atoms with Crippen molar-refractivity contribution in [2.24, 2.45) is 0 Å². The van der Waals surface area contributed by atoms with Crippen LogP contribution >= 0.6 is 11.3 Å². The van der Waals surface area contributed by atoms with Crippen molar-refractivity contribution >= 4 is 28.3 Å². The highest BCUT2D eigenvalue weighted by Crippen LogP contribution is 2.41. The van der Waals surface area contributed by atoms with Gasteiger partial charge in [-0.3, -0.25) is 4.98 Å². The summed E-state index contributed by atoms with van der Waals surface area (Å²) in [6.07, 6.45) is 4.18. The van der Waals surface area contributed by atoms with E-state index in [0.717, 1.165) is 34.6 Å². The standard InChI is InChI=1S/C15H13N3O2S/c19-15(20)10-3-4-12-13(5-10)18(7-11-6-16-8-21-11)14(17-12)9-1-2-9/h3-6,8-9H,1-2,7H2,(H,19,20). The van der Waals surface area contributed by atoms with E-state index in [2.05, 4.69) is 9.55 Å². The van der Waals surface area contributed by atoms with Crippen molar-refractivity contribution in [1.29, 1.82) is 0 Å². The molecule has 0 radical (unpaired) electrons. The summed E-state index contributed by atoms with van der Waals surface area (Å²) in [6, 6.07) is 5.14. The molecule has 3 aromatic rings. The van der Waals surface area contributed by atoms with Gasteiger partial charge in [-0.05, 0) is 31.0 Å². The molecule has 21 heavy (non-hydrogen) atoms. The Morgan fingerprint density at radius 1 is 1.43 bits per heavy atom. The number of benzene rings is 1. The molecule has 0 spiro atoms. The Bertz CT molecular complexity index is 819. The predicted octanol–water partition coefficient (Wildman–Crippen LogP) is 3.12. The van der Waals surface area contributed by atoms with Crippen LogP contribution in [0.1, 0.15) is 39.8 Å². The quantitative estimate of drug-likeness (QED) is 0.803. The van der Waals surface area contributed by atoms with E-state index in [-0.39, 0.29) is 0 Å². The van der Waals surface area contributed by atoms with Gasteiger partial charge in [0.05, 0.1) is 28.7 Å². The number of rotatable bonds is 4. The van der Waals surface area contributed by atoms with Crippen molar-refractivity contribution in [1.82, 2.24) is 14.5 Å². The van der Waals surface area contributed by atoms with E-state index in [9.17, 15) is 9.90 Å². The highest BCUT2D eigenvalue weighted by Gasteiger charge is 2.29. The maximum Gasteiger partial charge on any atom is 0.335 e. The number of fused-ring (bicyclic) bond motifs is 1. The number of aromatic carboxylic acids is 1. The Morgan fingerprint density at radius 3 is 2.95 bits per heavy atom. The van der Waals surface area contributed by atoms with Crippen LogP contribution in [0.15, 0.2) is 29.9 Å². The molecule has 2 aromatic heterocycles. The first-order valence-corrected chi connectivity index (χ1v) is 7.71. The molecular formula is C15H13N3O2S. The molecule has 0 unspecified atom stereocenters. The second-order valence-electron chi connectivity index (χ2n) is 5.31. The van der Waals surface area contributed by atoms with Gasteiger partial charge >= 0.3 is 5.97 Å². The van der Waals surface area contributed by atoms with E-state index >= 15 is 0 Å². The fourth-order valence-corrected chi connectivity index (χ4v) is 3.15. The summed E-state index contributed by atoms with van der Waals surface area (Å²) >= 11 is 1.60. The van der Waals surface area contributed by atoms with Crippen LogP contribution in [-0.4, -0.2) is 25.6 Å². The molecular weight excluding hydrogens is 286 g/mol. The monoisotopic (exact) mass is 299 g/mol. The number of nitrogens with zero attached hydrogens (tertiary/aromatic N) is 3. The molecule has 0 saturated heterocycles. The van der Waals surface area contributed by atoms with Gasteiger partial charge in [0.1, 0.15) is 5.82 Å². The van der Waals surface area contributed by atoms with E-state index in [4.69, 9.17) is 4.98 Å². The third-order valence-corrected chi connectivity index (χ3v) is 4.53. The first-order chi connectivity index (χ1) is 10.2. The lowest BCUT2D eigenvalue weighted by Crippen LogP contribution is -2.04. The van der Waals surface area contributed by atoms with Gasteiger partial charge in [-0.25, -0.2) is 9.78 Å². The number of carboxylic acids is 1. The number of hydrogen-bond acceptors (Lipinski definition) is 4. The average molecular weight is 299 g/mol. The Labute approximate surface area is 124 Å². The summed E-state index contributed by atoms with van der Waals surface area (Å²) < 4.78 is 2.15. The number of imidazole rings is 1. The smallest absolute Gasteiger partial charge is 0.335 e. The van der Waals surface area contributed by atoms with Crippen molar-refractivity contribution in [3.8, 4) is 0 Å². The summed E-state index contributed by atoms with van der Waals surface area (Å²) in [7, 11) is 0. The largest absolute Gasteiger partial charge is 0.478 e. The molecule has 1 fully saturated rings. The molecule has 0 amide bonds. The zero-order chi connectivity index (χ0) is 14.4. The normalized spacial score (nSPS) is 14.7. The molecule has 1 aromatic carbocycles. The van der Waals surface area contributed by atoms with Crippen LogP contribution in [0.2, 0.25) is 0 Å². The lowest BCUT2D eigenvalue weighted by molar-refractivity contribution is 0.0697. The van der Waals surface area contributed by atoms with Gasteiger partial charge in [0.15, 0.2) is 0 Å². The predicted molar refractivity (Wildman–Crippen MR) is 79.9 cm³/mol. The van der Waals surface area contributed by atoms with Crippen molar-refractivity contribution in [2.45, 2.75) is 25.3 Å². The second kappa shape index (κ2) is 4.66. The van der Waals surface area contributed by atoms with Crippen molar-refractivity contribution < 1.29 is 9.90 Å². The van der Waals surface area contributed by atoms with Crippen LogP contribution in [0.5, 0.6) is 0 Å². The van der Waals surface area contributed by atoms with Gasteiger partial charge in [-0.2, -0.15) is 0 Å². The highest BCUT2D eigenvalue weighted by atomic mass is 32.1. The Balaban J connectivity index is 1.88. The zero-order valence-electron chi connectivity index (χ0n) is 11.2. The third kappa shape index (κ3) is 2.21. The molecule has 1 saturated carbocycles. The second-order valence-corrected chi connectivity index (χ2v) is 6.28. The van der Waals surface area contributed by atoms with Gasteiger partial charge in [0.2, 0.25) is 0 Å². The first-order valence-electron chi connectivity index (χ1n) is 6.83. The van der Waals surface area contributed by atoms with E-state index < -0.39 is 5.97 Å². The third-order valence-electron chi connectivity index (χ3n) is 3.76. The molecule has 106 valence electrons. The molecule has 4 rings (SSSR count). The zero-order valence-corrected chi connectivity index (χ0v) is 12.0. The van der Waals surface area contributed by atoms with Gasteiger partial charge < -0.3 is 9.67 Å². The summed E-state index contributed by atoms with van der Waals surface area (Å²) in [5, 5.41) is 9.18. The minimum Gasteiger partial charge on any atom is -0.478 e. The van der Waals surface area contributed by atoms with Gasteiger partial charge in [0, 0.05) is 17.0 Å². The van der Waals surface area contributed by atoms with Gasteiger partial charge in [-0.1, -0.05) is 0 Å². The van der Waals surface area contributed by atoms with E-state index in [0.29, 0.717) is 18.0 Å². The van der Waals surface area contributed by atoms with Gasteiger partial charge in [0.25, 0.3) is 0 Å². The molecule has 1 N–H and O–H groups in total. The average Bonchev–Trinajstić information content (AvgIpc) is 3.07. The number of carbonyl (C=O) groups is 1. The number of carboxylic acid groups (broad SMARTS) is 1. The molecule has 1 aliphatic carbocycles. The minimum absolute atomic E-state index is 0.301. The van der Waals surface area contributed by atoms with Crippen LogP contribution < -0.4 is 0 Å². The Morgan fingerprint density at radius 2 is 2.29 bits per heavy atom. The molecule has 1 aliphatic rings. The SMILES string of the molecule is O=C(O)c1ccc2nc(C3CC3)n(Cc3cncs3)c2c1. The van der Waals surface area contributed by atoms with Crippen LogP contribution in [0, 0.1) is 0 Å². The number of hydrogen-bond donors (Lipinski definition) is 1. The fourth-order valence-electron chi connectivity index (χ4n) is 2.57. The molecule has 2 heterocycles. The van der Waals surface area contributed by atoms with Crippen LogP contribution in [0.4, 0.5) is 0 Å².